The van der Waals surface area contributed by atoms with Gasteiger partial charge < -0.3 is 10.2 Å². The molecule has 11 heavy (non-hydrogen) atoms. The molecule has 60 valence electrons. The molecule has 2 N–H and O–H groups in total. The number of aliphatic hydroxyl groups is 1. The van der Waals surface area contributed by atoms with Crippen LogP contribution < -0.4 is 0 Å². The van der Waals surface area contributed by atoms with Crippen LogP contribution in [0.15, 0.2) is 23.5 Å². The molecular formula is C8H10O3. The normalized spacial score (nSPS) is 17.1. The second-order valence-corrected chi connectivity index (χ2v) is 2.55. The maximum Gasteiger partial charge on any atom is 0.307 e. The van der Waals surface area contributed by atoms with Crippen LogP contribution in [0.5, 0.6) is 0 Å². The number of carbonyl (C=O) groups is 1. The van der Waals surface area contributed by atoms with Gasteiger partial charge in [0, 0.05) is 6.42 Å². The van der Waals surface area contributed by atoms with Crippen LogP contribution in [0.1, 0.15) is 19.3 Å². The molecule has 0 radical (unpaired) electrons. The molecule has 1 aliphatic carbocycles. The minimum Gasteiger partial charge on any atom is -0.512 e. The number of aliphatic hydroxyl groups excluding tert-OH is 1. The SMILES string of the molecule is O=C(O)CC1=CC=C(O)CC1. The van der Waals surface area contributed by atoms with Gasteiger partial charge in [-0.1, -0.05) is 11.6 Å². The summed E-state index contributed by atoms with van der Waals surface area (Å²) >= 11 is 0. The van der Waals surface area contributed by atoms with Crippen molar-refractivity contribution in [1.82, 2.24) is 0 Å². The fourth-order valence-corrected chi connectivity index (χ4v) is 1.01. The maximum atomic E-state index is 10.2. The van der Waals surface area contributed by atoms with Crippen LogP contribution in [-0.4, -0.2) is 16.2 Å². The number of aliphatic carboxylic acids is 1. The molecule has 0 amide bonds. The first-order valence-corrected chi connectivity index (χ1v) is 3.48. The Morgan fingerprint density at radius 3 is 2.64 bits per heavy atom. The van der Waals surface area contributed by atoms with Gasteiger partial charge in [-0.2, -0.15) is 0 Å². The molecule has 0 aromatic rings. The Morgan fingerprint density at radius 2 is 2.18 bits per heavy atom. The molecule has 0 aliphatic heterocycles. The third-order valence-electron chi connectivity index (χ3n) is 1.59. The van der Waals surface area contributed by atoms with Gasteiger partial charge in [0.05, 0.1) is 12.2 Å². The zero-order valence-electron chi connectivity index (χ0n) is 6.08. The first kappa shape index (κ1) is 7.85. The van der Waals surface area contributed by atoms with Crippen LogP contribution in [0.4, 0.5) is 0 Å². The Hall–Kier alpha value is -1.25. The van der Waals surface area contributed by atoms with Crippen LogP contribution in [-0.2, 0) is 4.79 Å². The first-order valence-electron chi connectivity index (χ1n) is 3.48. The largest absolute Gasteiger partial charge is 0.512 e. The van der Waals surface area contributed by atoms with E-state index in [1.165, 1.54) is 0 Å². The monoisotopic (exact) mass is 154 g/mol. The molecule has 0 unspecified atom stereocenters. The van der Waals surface area contributed by atoms with E-state index in [0.29, 0.717) is 18.6 Å². The molecule has 0 bridgehead atoms. The second-order valence-electron chi connectivity index (χ2n) is 2.55. The highest BCUT2D eigenvalue weighted by atomic mass is 16.4. The number of hydrogen-bond acceptors (Lipinski definition) is 2. The van der Waals surface area contributed by atoms with Crippen LogP contribution in [0, 0.1) is 0 Å². The quantitative estimate of drug-likeness (QED) is 0.635. The predicted octanol–water partition coefficient (Wildman–Crippen LogP) is 1.62. The highest BCUT2D eigenvalue weighted by Gasteiger charge is 2.07. The van der Waals surface area contributed by atoms with Crippen molar-refractivity contribution in [3.63, 3.8) is 0 Å². The Morgan fingerprint density at radius 1 is 1.45 bits per heavy atom. The van der Waals surface area contributed by atoms with Crippen LogP contribution >= 0.6 is 0 Å². The number of allylic oxidation sites excluding steroid dienone is 3. The van der Waals surface area contributed by atoms with E-state index in [0.717, 1.165) is 5.57 Å². The first-order chi connectivity index (χ1) is 5.18. The van der Waals surface area contributed by atoms with Crippen LogP contribution in [0.25, 0.3) is 0 Å². The van der Waals surface area contributed by atoms with Gasteiger partial charge in [-0.3, -0.25) is 4.79 Å². The zero-order valence-corrected chi connectivity index (χ0v) is 6.08. The lowest BCUT2D eigenvalue weighted by Gasteiger charge is -2.07. The lowest BCUT2D eigenvalue weighted by molar-refractivity contribution is -0.136. The van der Waals surface area contributed by atoms with E-state index in [4.69, 9.17) is 10.2 Å². The topological polar surface area (TPSA) is 57.5 Å². The molecule has 0 fully saturated rings. The third kappa shape index (κ3) is 2.45. The van der Waals surface area contributed by atoms with Crippen molar-refractivity contribution in [2.45, 2.75) is 19.3 Å². The maximum absolute atomic E-state index is 10.2. The van der Waals surface area contributed by atoms with E-state index in [1.807, 2.05) is 0 Å². The highest BCUT2D eigenvalue weighted by molar-refractivity contribution is 5.70. The van der Waals surface area contributed by atoms with Crippen molar-refractivity contribution in [2.24, 2.45) is 0 Å². The summed E-state index contributed by atoms with van der Waals surface area (Å²) in [5.41, 5.74) is 0.871. The Kier molecular flexibility index (Phi) is 2.31. The van der Waals surface area contributed by atoms with Crippen molar-refractivity contribution < 1.29 is 15.0 Å². The van der Waals surface area contributed by atoms with Crippen molar-refractivity contribution in [1.29, 1.82) is 0 Å². The number of hydrogen-bond donors (Lipinski definition) is 2. The summed E-state index contributed by atoms with van der Waals surface area (Å²) in [6.45, 7) is 0. The third-order valence-corrected chi connectivity index (χ3v) is 1.59. The van der Waals surface area contributed by atoms with Gasteiger partial charge in [0.2, 0.25) is 0 Å². The minimum absolute atomic E-state index is 0.0871. The van der Waals surface area contributed by atoms with E-state index in [2.05, 4.69) is 0 Å². The van der Waals surface area contributed by atoms with Gasteiger partial charge in [-0.25, -0.2) is 0 Å². The number of carboxylic acids is 1. The molecule has 3 nitrogen and oxygen atoms in total. The summed E-state index contributed by atoms with van der Waals surface area (Å²) < 4.78 is 0. The Labute approximate surface area is 64.7 Å². The molecule has 1 aliphatic rings. The molecule has 3 heteroatoms. The molecular weight excluding hydrogens is 144 g/mol. The smallest absolute Gasteiger partial charge is 0.307 e. The van der Waals surface area contributed by atoms with Gasteiger partial charge in [-0.15, -0.1) is 0 Å². The molecule has 0 atom stereocenters. The van der Waals surface area contributed by atoms with Crippen LogP contribution in [0.3, 0.4) is 0 Å². The summed E-state index contributed by atoms with van der Waals surface area (Å²) in [4.78, 5) is 10.2. The summed E-state index contributed by atoms with van der Waals surface area (Å²) in [5.74, 6) is -0.481. The summed E-state index contributed by atoms with van der Waals surface area (Å²) in [6.07, 6.45) is 4.55. The van der Waals surface area contributed by atoms with E-state index >= 15 is 0 Å². The average molecular weight is 154 g/mol. The number of rotatable bonds is 2. The molecule has 1 rings (SSSR count). The van der Waals surface area contributed by atoms with Crippen molar-refractivity contribution in [2.75, 3.05) is 0 Å². The second kappa shape index (κ2) is 3.23. The Bertz CT molecular complexity index is 225. The van der Waals surface area contributed by atoms with Crippen molar-refractivity contribution in [3.05, 3.63) is 23.5 Å². The Balaban J connectivity index is 2.54. The van der Waals surface area contributed by atoms with Crippen LogP contribution in [0.2, 0.25) is 0 Å². The van der Waals surface area contributed by atoms with Crippen molar-refractivity contribution >= 4 is 5.97 Å². The van der Waals surface area contributed by atoms with Gasteiger partial charge in [0.1, 0.15) is 0 Å². The number of carboxylic acid groups (broad SMARTS) is 1. The molecule has 0 saturated carbocycles. The molecule has 0 aromatic carbocycles. The lowest BCUT2D eigenvalue weighted by atomic mass is 10.0. The van der Waals surface area contributed by atoms with E-state index in [-0.39, 0.29) is 6.42 Å². The van der Waals surface area contributed by atoms with Gasteiger partial charge >= 0.3 is 5.97 Å². The fourth-order valence-electron chi connectivity index (χ4n) is 1.01. The zero-order chi connectivity index (χ0) is 8.27. The lowest BCUT2D eigenvalue weighted by Crippen LogP contribution is -2.00. The van der Waals surface area contributed by atoms with E-state index < -0.39 is 5.97 Å². The van der Waals surface area contributed by atoms with Gasteiger partial charge in [-0.05, 0) is 12.5 Å². The summed E-state index contributed by atoms with van der Waals surface area (Å²) in [5, 5.41) is 17.3. The standard InChI is InChI=1S/C8H10O3/c9-7-3-1-6(2-4-7)5-8(10)11/h1,3,9H,2,4-5H2,(H,10,11). The average Bonchev–Trinajstić information content (AvgIpc) is 1.93. The fraction of sp³-hybridized carbons (Fsp3) is 0.375. The molecule has 0 spiro atoms. The van der Waals surface area contributed by atoms with Crippen molar-refractivity contribution in [3.8, 4) is 0 Å². The molecule has 0 heterocycles. The minimum atomic E-state index is -0.814. The summed E-state index contributed by atoms with van der Waals surface area (Å²) in [6, 6.07) is 0. The summed E-state index contributed by atoms with van der Waals surface area (Å²) in [7, 11) is 0. The molecule has 0 aromatic heterocycles. The van der Waals surface area contributed by atoms with Gasteiger partial charge in [0.15, 0.2) is 0 Å². The molecule has 0 saturated heterocycles. The van der Waals surface area contributed by atoms with E-state index in [9.17, 15) is 4.79 Å². The predicted molar refractivity (Wildman–Crippen MR) is 40.3 cm³/mol. The van der Waals surface area contributed by atoms with Gasteiger partial charge in [0.25, 0.3) is 0 Å². The highest BCUT2D eigenvalue weighted by Crippen LogP contribution is 2.18. The van der Waals surface area contributed by atoms with E-state index in [1.54, 1.807) is 12.2 Å².